The lowest BCUT2D eigenvalue weighted by atomic mass is 9.71. The zero-order valence-corrected chi connectivity index (χ0v) is 23.5. The molecule has 3 saturated heterocycles. The molecule has 1 amide bonds. The molecule has 202 valence electrons. The minimum Gasteiger partial charge on any atom is -0.495 e. The topological polar surface area (TPSA) is 64.1 Å². The van der Waals surface area contributed by atoms with Crippen LogP contribution in [0.3, 0.4) is 0 Å². The van der Waals surface area contributed by atoms with Gasteiger partial charge in [0.25, 0.3) is 0 Å². The largest absolute Gasteiger partial charge is 0.495 e. The van der Waals surface area contributed by atoms with Crippen molar-refractivity contribution < 1.29 is 18.8 Å². The van der Waals surface area contributed by atoms with E-state index >= 15 is 0 Å². The third-order valence-electron chi connectivity index (χ3n) is 9.80. The van der Waals surface area contributed by atoms with E-state index in [0.717, 1.165) is 56.6 Å². The third kappa shape index (κ3) is 4.54. The number of benzene rings is 1. The summed E-state index contributed by atoms with van der Waals surface area (Å²) in [4.78, 5) is 21.9. The Morgan fingerprint density at radius 3 is 2.42 bits per heavy atom. The van der Waals surface area contributed by atoms with Crippen LogP contribution >= 0.6 is 0 Å². The Hall–Kier alpha value is -2.42. The number of hydrogen-bond donors (Lipinski definition) is 0. The van der Waals surface area contributed by atoms with Crippen LogP contribution in [0.5, 0.6) is 5.75 Å². The van der Waals surface area contributed by atoms with E-state index in [1.54, 1.807) is 13.3 Å². The van der Waals surface area contributed by atoms with E-state index in [1.807, 2.05) is 17.0 Å². The molecule has 1 aromatic carbocycles. The Kier molecular flexibility index (Phi) is 6.36. The summed E-state index contributed by atoms with van der Waals surface area (Å²) in [6.45, 7) is 12.4. The predicted octanol–water partition coefficient (Wildman–Crippen LogP) is 3.54. The van der Waals surface area contributed by atoms with Gasteiger partial charge in [-0.3, -0.25) is 14.7 Å². The van der Waals surface area contributed by atoms with Crippen molar-refractivity contribution in [1.82, 2.24) is 14.8 Å². The van der Waals surface area contributed by atoms with E-state index in [9.17, 15) is 4.79 Å². The molecule has 38 heavy (non-hydrogen) atoms. The SMILES string of the molecule is COc1ccc(CC(=O)N2CCC3(CC2)CN(C2CCc4cc(B5OC(C)(C)C(C)(C)O5)ccc42)C3)nc1. The average Bonchev–Trinajstić information content (AvgIpc) is 3.39. The van der Waals surface area contributed by atoms with Gasteiger partial charge in [0.15, 0.2) is 0 Å². The number of methoxy groups -OCH3 is 1. The summed E-state index contributed by atoms with van der Waals surface area (Å²) in [6.07, 6.45) is 6.50. The Morgan fingerprint density at radius 2 is 1.79 bits per heavy atom. The van der Waals surface area contributed by atoms with Crippen LogP contribution in [0.4, 0.5) is 0 Å². The summed E-state index contributed by atoms with van der Waals surface area (Å²) < 4.78 is 17.7. The number of likely N-dealkylation sites (tertiary alicyclic amines) is 2. The zero-order valence-electron chi connectivity index (χ0n) is 23.5. The van der Waals surface area contributed by atoms with Crippen molar-refractivity contribution in [3.8, 4) is 5.75 Å². The summed E-state index contributed by atoms with van der Waals surface area (Å²) in [5.74, 6) is 0.891. The van der Waals surface area contributed by atoms with Gasteiger partial charge in [0.1, 0.15) is 5.75 Å². The maximum Gasteiger partial charge on any atom is 0.494 e. The molecule has 0 bridgehead atoms. The van der Waals surface area contributed by atoms with E-state index < -0.39 is 0 Å². The second kappa shape index (κ2) is 9.35. The Balaban J connectivity index is 1.02. The molecule has 0 N–H and O–H groups in total. The number of hydrogen-bond acceptors (Lipinski definition) is 6. The van der Waals surface area contributed by atoms with Crippen LogP contribution in [0.2, 0.25) is 0 Å². The van der Waals surface area contributed by atoms with E-state index in [4.69, 9.17) is 14.0 Å². The van der Waals surface area contributed by atoms with E-state index in [-0.39, 0.29) is 24.2 Å². The summed E-state index contributed by atoms with van der Waals surface area (Å²) in [6, 6.07) is 11.1. The maximum atomic E-state index is 12.9. The molecule has 7 nitrogen and oxygen atoms in total. The van der Waals surface area contributed by atoms with Crippen molar-refractivity contribution in [2.24, 2.45) is 5.41 Å². The summed E-state index contributed by atoms with van der Waals surface area (Å²) in [5.41, 5.74) is 4.56. The molecule has 3 fully saturated rings. The second-order valence-corrected chi connectivity index (χ2v) is 12.8. The smallest absolute Gasteiger partial charge is 0.494 e. The maximum absolute atomic E-state index is 12.9. The van der Waals surface area contributed by atoms with Gasteiger partial charge in [-0.05, 0) is 87.5 Å². The fourth-order valence-corrected chi connectivity index (χ4v) is 6.61. The van der Waals surface area contributed by atoms with Crippen molar-refractivity contribution in [2.75, 3.05) is 33.3 Å². The lowest BCUT2D eigenvalue weighted by molar-refractivity contribution is -0.136. The Labute approximate surface area is 227 Å². The fraction of sp³-hybridized carbons (Fsp3) is 0.600. The van der Waals surface area contributed by atoms with Gasteiger partial charge in [-0.25, -0.2) is 0 Å². The number of amides is 1. The lowest BCUT2D eigenvalue weighted by Crippen LogP contribution is -2.61. The number of aromatic nitrogens is 1. The standard InChI is InChI=1S/C30H40BN3O4/c1-28(2)29(3,4)38-31(37-28)22-7-10-25-21(16-22)6-11-26(25)34-19-30(20-34)12-14-33(15-13-30)27(35)17-23-8-9-24(36-5)18-32-23/h7-10,16,18,26H,6,11-15,17,19-20H2,1-5H3. The normalized spacial score (nSPS) is 25.3. The van der Waals surface area contributed by atoms with Gasteiger partial charge in [0, 0.05) is 37.9 Å². The Bertz CT molecular complexity index is 1180. The quantitative estimate of drug-likeness (QED) is 0.566. The number of nitrogens with zero attached hydrogens (tertiary/aromatic N) is 3. The molecule has 1 atom stereocenters. The van der Waals surface area contributed by atoms with Crippen molar-refractivity contribution in [3.05, 3.63) is 53.3 Å². The van der Waals surface area contributed by atoms with Gasteiger partial charge in [-0.15, -0.1) is 0 Å². The first-order valence-corrected chi connectivity index (χ1v) is 14.1. The number of ether oxygens (including phenoxy) is 1. The molecule has 0 radical (unpaired) electrons. The lowest BCUT2D eigenvalue weighted by Gasteiger charge is -2.56. The number of rotatable bonds is 5. The van der Waals surface area contributed by atoms with Crippen LogP contribution < -0.4 is 10.2 Å². The molecular weight excluding hydrogens is 477 g/mol. The molecule has 1 aliphatic carbocycles. The highest BCUT2D eigenvalue weighted by molar-refractivity contribution is 6.62. The van der Waals surface area contributed by atoms with Gasteiger partial charge in [-0.1, -0.05) is 18.2 Å². The number of piperidine rings is 1. The van der Waals surface area contributed by atoms with Gasteiger partial charge in [0.05, 0.1) is 30.9 Å². The number of carbonyl (C=O) groups is 1. The van der Waals surface area contributed by atoms with Gasteiger partial charge >= 0.3 is 7.12 Å². The molecule has 2 aromatic rings. The molecule has 6 rings (SSSR count). The van der Waals surface area contributed by atoms with Crippen molar-refractivity contribution in [3.63, 3.8) is 0 Å². The highest BCUT2D eigenvalue weighted by Crippen LogP contribution is 2.47. The fourth-order valence-electron chi connectivity index (χ4n) is 6.61. The minimum absolute atomic E-state index is 0.177. The number of aryl methyl sites for hydroxylation is 1. The van der Waals surface area contributed by atoms with Crippen LogP contribution in [-0.4, -0.2) is 72.3 Å². The van der Waals surface area contributed by atoms with E-state index in [1.165, 1.54) is 17.5 Å². The zero-order chi connectivity index (χ0) is 26.7. The van der Waals surface area contributed by atoms with Crippen molar-refractivity contribution in [2.45, 2.75) is 77.0 Å². The first-order chi connectivity index (χ1) is 18.1. The molecule has 3 aliphatic heterocycles. The highest BCUT2D eigenvalue weighted by atomic mass is 16.7. The molecule has 8 heteroatoms. The van der Waals surface area contributed by atoms with Crippen LogP contribution in [0.25, 0.3) is 0 Å². The minimum atomic E-state index is -0.322. The van der Waals surface area contributed by atoms with Gasteiger partial charge in [0.2, 0.25) is 5.91 Å². The van der Waals surface area contributed by atoms with Gasteiger partial charge in [-0.2, -0.15) is 0 Å². The highest BCUT2D eigenvalue weighted by Gasteiger charge is 2.52. The first kappa shape index (κ1) is 25.8. The van der Waals surface area contributed by atoms with Crippen LogP contribution in [0.1, 0.15) is 69.8 Å². The molecule has 0 saturated carbocycles. The predicted molar refractivity (Wildman–Crippen MR) is 148 cm³/mol. The number of pyridine rings is 1. The molecule has 1 spiro atoms. The molecule has 4 aliphatic rings. The number of carbonyl (C=O) groups excluding carboxylic acids is 1. The molecule has 1 aromatic heterocycles. The molecule has 1 unspecified atom stereocenters. The third-order valence-corrected chi connectivity index (χ3v) is 9.80. The first-order valence-electron chi connectivity index (χ1n) is 14.1. The van der Waals surface area contributed by atoms with Crippen LogP contribution in [0, 0.1) is 5.41 Å². The number of fused-ring (bicyclic) bond motifs is 1. The van der Waals surface area contributed by atoms with Crippen LogP contribution in [-0.2, 0) is 26.9 Å². The summed E-state index contributed by atoms with van der Waals surface area (Å²) in [7, 11) is 1.32. The second-order valence-electron chi connectivity index (χ2n) is 12.8. The van der Waals surface area contributed by atoms with Crippen molar-refractivity contribution in [1.29, 1.82) is 0 Å². The summed E-state index contributed by atoms with van der Waals surface area (Å²) >= 11 is 0. The summed E-state index contributed by atoms with van der Waals surface area (Å²) in [5, 5.41) is 0. The monoisotopic (exact) mass is 517 g/mol. The molecule has 4 heterocycles. The van der Waals surface area contributed by atoms with E-state index in [0.29, 0.717) is 23.6 Å². The van der Waals surface area contributed by atoms with Crippen LogP contribution in [0.15, 0.2) is 36.5 Å². The van der Waals surface area contributed by atoms with Crippen molar-refractivity contribution >= 4 is 18.5 Å². The van der Waals surface area contributed by atoms with E-state index in [2.05, 4.69) is 55.8 Å². The molecular formula is C30H40BN3O4. The average molecular weight is 517 g/mol. The van der Waals surface area contributed by atoms with Gasteiger partial charge < -0.3 is 18.9 Å². The Morgan fingerprint density at radius 1 is 1.08 bits per heavy atom.